The molecule has 4 rings (SSSR count). The lowest BCUT2D eigenvalue weighted by Gasteiger charge is -2.33. The van der Waals surface area contributed by atoms with Gasteiger partial charge in [0.15, 0.2) is 0 Å². The Kier molecular flexibility index (Phi) is 6.09. The molecule has 0 saturated carbocycles. The minimum atomic E-state index is -0.469. The fourth-order valence-corrected chi connectivity index (χ4v) is 6.09. The van der Waals surface area contributed by atoms with Crippen LogP contribution in [-0.2, 0) is 24.2 Å². The van der Waals surface area contributed by atoms with E-state index in [4.69, 9.17) is 0 Å². The van der Waals surface area contributed by atoms with E-state index in [1.165, 1.54) is 14.2 Å². The molecule has 3 aromatic heterocycles. The van der Waals surface area contributed by atoms with Crippen molar-refractivity contribution >= 4 is 33.1 Å². The van der Waals surface area contributed by atoms with Gasteiger partial charge in [0.1, 0.15) is 22.0 Å². The average molecular weight is 487 g/mol. The van der Waals surface area contributed by atoms with Gasteiger partial charge in [0.05, 0.1) is 16.9 Å². The van der Waals surface area contributed by atoms with Gasteiger partial charge >= 0.3 is 5.69 Å². The molecule has 0 aliphatic heterocycles. The predicted octanol–water partition coefficient (Wildman–Crippen LogP) is 3.80. The summed E-state index contributed by atoms with van der Waals surface area (Å²) in [4.78, 5) is 43.3. The number of amides is 1. The normalized spacial score (nSPS) is 16.0. The van der Waals surface area contributed by atoms with Crippen LogP contribution in [0.1, 0.15) is 61.3 Å². The molecule has 3 aromatic rings. The number of thiophene rings is 1. The van der Waals surface area contributed by atoms with Crippen molar-refractivity contribution in [1.82, 2.24) is 19.4 Å². The Balaban J connectivity index is 1.56. The van der Waals surface area contributed by atoms with Crippen molar-refractivity contribution in [1.29, 1.82) is 0 Å². The maximum absolute atomic E-state index is 13.4. The molecule has 0 saturated heterocycles. The minimum Gasteiger partial charge on any atom is -0.273 e. The van der Waals surface area contributed by atoms with Crippen LogP contribution in [0.15, 0.2) is 4.79 Å². The van der Waals surface area contributed by atoms with Crippen molar-refractivity contribution in [3.8, 4) is 0 Å². The molecule has 0 fully saturated rings. The lowest BCUT2D eigenvalue weighted by molar-refractivity contribution is -0.386. The number of carbonyl (C=O) groups is 1. The highest BCUT2D eigenvalue weighted by atomic mass is 32.1. The lowest BCUT2D eigenvalue weighted by Crippen LogP contribution is -2.36. The van der Waals surface area contributed by atoms with Crippen LogP contribution in [0.4, 0.5) is 5.69 Å². The molecule has 0 spiro atoms. The molecule has 0 aromatic carbocycles. The van der Waals surface area contributed by atoms with E-state index in [0.717, 1.165) is 29.7 Å². The van der Waals surface area contributed by atoms with Gasteiger partial charge in [-0.05, 0) is 56.9 Å². The first kappa shape index (κ1) is 24.1. The summed E-state index contributed by atoms with van der Waals surface area (Å²) < 4.78 is 2.67. The number of fused-ring (bicyclic) bond motifs is 3. The molecule has 11 heteroatoms. The molecule has 10 nitrogen and oxygen atoms in total. The topological polar surface area (TPSA) is 125 Å². The number of aryl methyl sites for hydroxylation is 4. The van der Waals surface area contributed by atoms with E-state index in [9.17, 15) is 19.7 Å². The van der Waals surface area contributed by atoms with Crippen LogP contribution in [0, 0.1) is 42.2 Å². The summed E-state index contributed by atoms with van der Waals surface area (Å²) in [6.07, 6.45) is 2.82. The monoisotopic (exact) mass is 486 g/mol. The molecule has 0 radical (unpaired) electrons. The summed E-state index contributed by atoms with van der Waals surface area (Å²) in [5, 5.41) is 16.0. The summed E-state index contributed by atoms with van der Waals surface area (Å²) in [7, 11) is 0. The second-order valence-electron chi connectivity index (χ2n) is 10.1. The zero-order valence-electron chi connectivity index (χ0n) is 20.4. The Morgan fingerprint density at radius 2 is 2.00 bits per heavy atom. The summed E-state index contributed by atoms with van der Waals surface area (Å²) in [6, 6.07) is 0. The SMILES string of the molecule is Cc1nn(CCC(=O)Nn2c(C)nc3sc4c(c3c2=O)CCC(C(C)(C)C)C4)c(C)c1[N+](=O)[O-]. The summed E-state index contributed by atoms with van der Waals surface area (Å²) in [5.74, 6) is 0.582. The zero-order valence-corrected chi connectivity index (χ0v) is 21.2. The maximum atomic E-state index is 13.4. The molecule has 1 unspecified atom stereocenters. The third-order valence-corrected chi connectivity index (χ3v) is 7.94. The van der Waals surface area contributed by atoms with Crippen LogP contribution in [0.5, 0.6) is 0 Å². The van der Waals surface area contributed by atoms with E-state index >= 15 is 0 Å². The molecular weight excluding hydrogens is 456 g/mol. The Bertz CT molecular complexity index is 1360. The number of nitrogens with zero attached hydrogens (tertiary/aromatic N) is 5. The summed E-state index contributed by atoms with van der Waals surface area (Å²) >= 11 is 1.59. The van der Waals surface area contributed by atoms with Gasteiger partial charge in [-0.3, -0.25) is 29.8 Å². The number of hydrogen-bond acceptors (Lipinski definition) is 7. The van der Waals surface area contributed by atoms with Gasteiger partial charge in [0.25, 0.3) is 5.56 Å². The number of hydrogen-bond donors (Lipinski definition) is 1. The molecule has 1 amide bonds. The number of carbonyl (C=O) groups excluding carboxylic acids is 1. The number of aromatic nitrogens is 4. The van der Waals surface area contributed by atoms with Crippen molar-refractivity contribution in [3.05, 3.63) is 48.1 Å². The Morgan fingerprint density at radius 3 is 2.62 bits per heavy atom. The number of rotatable bonds is 5. The first-order valence-electron chi connectivity index (χ1n) is 11.4. The van der Waals surface area contributed by atoms with Gasteiger partial charge in [-0.1, -0.05) is 20.8 Å². The first-order valence-corrected chi connectivity index (χ1v) is 12.2. The highest BCUT2D eigenvalue weighted by Crippen LogP contribution is 2.42. The zero-order chi connectivity index (χ0) is 24.9. The third kappa shape index (κ3) is 4.24. The molecule has 0 bridgehead atoms. The molecule has 182 valence electrons. The van der Waals surface area contributed by atoms with Crippen LogP contribution in [-0.4, -0.2) is 30.3 Å². The Morgan fingerprint density at radius 1 is 1.29 bits per heavy atom. The fraction of sp³-hybridized carbons (Fsp3) is 0.565. The lowest BCUT2D eigenvalue weighted by atomic mass is 9.72. The van der Waals surface area contributed by atoms with E-state index in [1.54, 1.807) is 32.1 Å². The minimum absolute atomic E-state index is 0.0119. The first-order chi connectivity index (χ1) is 15.9. The summed E-state index contributed by atoms with van der Waals surface area (Å²) in [5.41, 5.74) is 4.33. The van der Waals surface area contributed by atoms with E-state index in [1.807, 2.05) is 0 Å². The third-order valence-electron chi connectivity index (χ3n) is 6.79. The van der Waals surface area contributed by atoms with Crippen molar-refractivity contribution in [2.45, 2.75) is 73.8 Å². The molecule has 34 heavy (non-hydrogen) atoms. The second kappa shape index (κ2) is 8.61. The molecule has 3 heterocycles. The van der Waals surface area contributed by atoms with Crippen molar-refractivity contribution < 1.29 is 9.72 Å². The van der Waals surface area contributed by atoms with E-state index in [0.29, 0.717) is 28.5 Å². The van der Waals surface area contributed by atoms with Gasteiger partial charge in [0, 0.05) is 11.3 Å². The molecule has 1 aliphatic rings. The van der Waals surface area contributed by atoms with Crippen LogP contribution >= 0.6 is 11.3 Å². The average Bonchev–Trinajstić information content (AvgIpc) is 3.24. The quantitative estimate of drug-likeness (QED) is 0.432. The van der Waals surface area contributed by atoms with Gasteiger partial charge in [-0.25, -0.2) is 9.66 Å². The smallest absolute Gasteiger partial charge is 0.273 e. The van der Waals surface area contributed by atoms with Crippen LogP contribution < -0.4 is 11.0 Å². The Hall–Kier alpha value is -3.08. The van der Waals surface area contributed by atoms with Crippen molar-refractivity contribution in [3.63, 3.8) is 0 Å². The van der Waals surface area contributed by atoms with Gasteiger partial charge < -0.3 is 0 Å². The molecule has 1 aliphatic carbocycles. The van der Waals surface area contributed by atoms with E-state index in [-0.39, 0.29) is 29.6 Å². The van der Waals surface area contributed by atoms with Gasteiger partial charge in [-0.2, -0.15) is 5.10 Å². The van der Waals surface area contributed by atoms with Crippen LogP contribution in [0.3, 0.4) is 0 Å². The van der Waals surface area contributed by atoms with Gasteiger partial charge in [0.2, 0.25) is 5.91 Å². The van der Waals surface area contributed by atoms with Gasteiger partial charge in [-0.15, -0.1) is 11.3 Å². The highest BCUT2D eigenvalue weighted by Gasteiger charge is 2.32. The second-order valence-corrected chi connectivity index (χ2v) is 11.2. The van der Waals surface area contributed by atoms with Crippen LogP contribution in [0.2, 0.25) is 0 Å². The largest absolute Gasteiger partial charge is 0.312 e. The fourth-order valence-electron chi connectivity index (χ4n) is 4.75. The molecular formula is C23H30N6O4S. The summed E-state index contributed by atoms with van der Waals surface area (Å²) in [6.45, 7) is 11.8. The van der Waals surface area contributed by atoms with Crippen LogP contribution in [0.25, 0.3) is 10.2 Å². The standard InChI is InChI=1S/C23H30N6O4S/c1-12-20(29(32)33)13(2)27(25-12)10-9-18(30)26-28-14(3)24-21-19(22(28)31)16-8-7-15(23(4,5)6)11-17(16)34-21/h15H,7-11H2,1-6H3,(H,26,30). The highest BCUT2D eigenvalue weighted by molar-refractivity contribution is 7.18. The molecule has 1 N–H and O–H groups in total. The van der Waals surface area contributed by atoms with Crippen molar-refractivity contribution in [2.24, 2.45) is 11.3 Å². The number of nitro groups is 1. The maximum Gasteiger partial charge on any atom is 0.312 e. The Labute approximate surface area is 201 Å². The van der Waals surface area contributed by atoms with E-state index < -0.39 is 10.8 Å². The van der Waals surface area contributed by atoms with Crippen molar-refractivity contribution in [2.75, 3.05) is 5.43 Å². The van der Waals surface area contributed by atoms with E-state index in [2.05, 4.69) is 36.3 Å². The predicted molar refractivity (Wildman–Crippen MR) is 131 cm³/mol. The number of nitrogens with one attached hydrogen (secondary N) is 1. The molecule has 1 atom stereocenters.